The normalized spacial score (nSPS) is 13.7. The zero-order chi connectivity index (χ0) is 20.1. The summed E-state index contributed by atoms with van der Waals surface area (Å²) in [6.45, 7) is 1.20. The zero-order valence-corrected chi connectivity index (χ0v) is 15.8. The molecule has 0 unspecified atom stereocenters. The minimum absolute atomic E-state index is 0.0643. The maximum Gasteiger partial charge on any atom is 0.254 e. The van der Waals surface area contributed by atoms with E-state index >= 15 is 0 Å². The number of carbonyl (C=O) groups is 1. The Labute approximate surface area is 169 Å². The van der Waals surface area contributed by atoms with E-state index in [0.29, 0.717) is 40.8 Å². The molecule has 142 valence electrons. The predicted molar refractivity (Wildman–Crippen MR) is 105 cm³/mol. The molecule has 1 aliphatic heterocycles. The molecule has 29 heavy (non-hydrogen) atoms. The van der Waals surface area contributed by atoms with Crippen LogP contribution in [0.5, 0.6) is 0 Å². The summed E-state index contributed by atoms with van der Waals surface area (Å²) in [5.74, 6) is 0.106. The van der Waals surface area contributed by atoms with Gasteiger partial charge in [0.05, 0.1) is 16.8 Å². The topological polar surface area (TPSA) is 63.9 Å². The summed E-state index contributed by atoms with van der Waals surface area (Å²) in [4.78, 5) is 18.9. The quantitative estimate of drug-likeness (QED) is 0.479. The molecule has 2 radical (unpaired) electrons. The van der Waals surface area contributed by atoms with E-state index in [1.165, 1.54) is 41.7 Å². The van der Waals surface area contributed by atoms with Gasteiger partial charge in [0.15, 0.2) is 16.7 Å². The first-order chi connectivity index (χ1) is 14.0. The van der Waals surface area contributed by atoms with Crippen LogP contribution in [0.2, 0.25) is 0 Å². The Morgan fingerprint density at radius 2 is 1.97 bits per heavy atom. The smallest absolute Gasteiger partial charge is 0.254 e. The fraction of sp³-hybridized carbons (Fsp3) is 0.158. The Hall–Kier alpha value is -3.14. The van der Waals surface area contributed by atoms with Gasteiger partial charge in [0.1, 0.15) is 19.5 Å². The van der Waals surface area contributed by atoms with Crippen LogP contribution in [0.25, 0.3) is 21.0 Å². The van der Waals surface area contributed by atoms with Gasteiger partial charge in [0.2, 0.25) is 0 Å². The molecule has 10 heteroatoms. The van der Waals surface area contributed by atoms with Crippen molar-refractivity contribution in [3.8, 4) is 10.8 Å². The molecule has 0 bridgehead atoms. The molecule has 0 saturated heterocycles. The van der Waals surface area contributed by atoms with Crippen LogP contribution in [0, 0.1) is 11.6 Å². The fourth-order valence-corrected chi connectivity index (χ4v) is 4.33. The van der Waals surface area contributed by atoms with E-state index in [9.17, 15) is 13.6 Å². The van der Waals surface area contributed by atoms with Gasteiger partial charge in [-0.3, -0.25) is 4.79 Å². The number of carbonyl (C=O) groups excluding carboxylic acids is 1. The minimum Gasteiger partial charge on any atom is -0.329 e. The maximum absolute atomic E-state index is 13.4. The third-order valence-electron chi connectivity index (χ3n) is 4.83. The molecule has 3 heterocycles. The number of thiazole rings is 1. The van der Waals surface area contributed by atoms with Crippen molar-refractivity contribution >= 4 is 40.8 Å². The summed E-state index contributed by atoms with van der Waals surface area (Å²) in [5.41, 5.74) is 0.959. The molecule has 0 spiro atoms. The highest BCUT2D eigenvalue weighted by molar-refractivity contribution is 7.21. The van der Waals surface area contributed by atoms with E-state index in [1.807, 2.05) is 4.57 Å². The van der Waals surface area contributed by atoms with Crippen molar-refractivity contribution in [3.63, 3.8) is 0 Å². The predicted octanol–water partition coefficient (Wildman–Crippen LogP) is 2.28. The molecule has 1 amide bonds. The van der Waals surface area contributed by atoms with Gasteiger partial charge < -0.3 is 9.47 Å². The lowest BCUT2D eigenvalue weighted by Crippen LogP contribution is -2.38. The number of benzene rings is 2. The van der Waals surface area contributed by atoms with Crippen LogP contribution in [-0.2, 0) is 13.1 Å². The minimum atomic E-state index is -0.555. The molecular formula is C19H12BF2N5OS. The average molecular weight is 407 g/mol. The highest BCUT2D eigenvalue weighted by Crippen LogP contribution is 2.31. The van der Waals surface area contributed by atoms with Crippen LogP contribution in [0.4, 0.5) is 8.78 Å². The van der Waals surface area contributed by atoms with Crippen molar-refractivity contribution in [3.05, 3.63) is 59.4 Å². The van der Waals surface area contributed by atoms with E-state index in [4.69, 9.17) is 7.85 Å². The standard InChI is InChI=1S/C19H12BF2N5OS/c20-12-7-10(1-3-13(12)22)19(28)26-5-6-27-16(9-26)24-25-17(27)18-23-14-4-2-11(21)8-15(14)29-18/h1-4,7-8H,5-6,9H2. The Kier molecular flexibility index (Phi) is 4.16. The van der Waals surface area contributed by atoms with Crippen molar-refractivity contribution in [1.29, 1.82) is 0 Å². The number of aromatic nitrogens is 4. The van der Waals surface area contributed by atoms with E-state index in [2.05, 4.69) is 15.2 Å². The fourth-order valence-electron chi connectivity index (χ4n) is 3.34. The average Bonchev–Trinajstić information content (AvgIpc) is 3.32. The third-order valence-corrected chi connectivity index (χ3v) is 5.84. The van der Waals surface area contributed by atoms with Crippen LogP contribution < -0.4 is 5.46 Å². The van der Waals surface area contributed by atoms with Crippen LogP contribution in [0.1, 0.15) is 16.2 Å². The molecule has 1 aliphatic rings. The first-order valence-corrected chi connectivity index (χ1v) is 9.64. The van der Waals surface area contributed by atoms with E-state index in [0.717, 1.165) is 4.70 Å². The number of fused-ring (bicyclic) bond motifs is 2. The Bertz CT molecular complexity index is 1270. The number of halogens is 2. The first-order valence-electron chi connectivity index (χ1n) is 8.82. The first kappa shape index (κ1) is 17.9. The highest BCUT2D eigenvalue weighted by atomic mass is 32.1. The van der Waals surface area contributed by atoms with Gasteiger partial charge in [-0.2, -0.15) is 0 Å². The molecule has 0 N–H and O–H groups in total. The van der Waals surface area contributed by atoms with Gasteiger partial charge in [-0.1, -0.05) is 11.5 Å². The van der Waals surface area contributed by atoms with Crippen molar-refractivity contribution in [2.45, 2.75) is 13.1 Å². The summed E-state index contributed by atoms with van der Waals surface area (Å²) in [7, 11) is 5.57. The Morgan fingerprint density at radius 3 is 2.79 bits per heavy atom. The Morgan fingerprint density at radius 1 is 1.10 bits per heavy atom. The number of hydrogen-bond acceptors (Lipinski definition) is 5. The van der Waals surface area contributed by atoms with Crippen molar-refractivity contribution in [1.82, 2.24) is 24.6 Å². The number of hydrogen-bond donors (Lipinski definition) is 0. The van der Waals surface area contributed by atoms with Gasteiger partial charge in [0.25, 0.3) is 5.91 Å². The largest absolute Gasteiger partial charge is 0.329 e. The van der Waals surface area contributed by atoms with Crippen LogP contribution in [0.3, 0.4) is 0 Å². The van der Waals surface area contributed by atoms with Crippen molar-refractivity contribution < 1.29 is 13.6 Å². The zero-order valence-electron chi connectivity index (χ0n) is 15.0. The van der Waals surface area contributed by atoms with Gasteiger partial charge >= 0.3 is 0 Å². The lowest BCUT2D eigenvalue weighted by Gasteiger charge is -2.27. The third kappa shape index (κ3) is 3.09. The number of rotatable bonds is 2. The molecule has 0 fully saturated rings. The van der Waals surface area contributed by atoms with E-state index in [-0.39, 0.29) is 23.7 Å². The lowest BCUT2D eigenvalue weighted by molar-refractivity contribution is 0.0708. The molecule has 0 saturated carbocycles. The summed E-state index contributed by atoms with van der Waals surface area (Å²) in [6, 6.07) is 8.38. The van der Waals surface area contributed by atoms with Crippen LogP contribution >= 0.6 is 11.3 Å². The highest BCUT2D eigenvalue weighted by Gasteiger charge is 2.27. The lowest BCUT2D eigenvalue weighted by atomic mass is 9.93. The van der Waals surface area contributed by atoms with Gasteiger partial charge in [-0.05, 0) is 30.3 Å². The second kappa shape index (κ2) is 6.73. The van der Waals surface area contributed by atoms with Gasteiger partial charge in [-0.15, -0.1) is 21.5 Å². The molecule has 4 aromatic rings. The van der Waals surface area contributed by atoms with Crippen LogP contribution in [0.15, 0.2) is 36.4 Å². The molecule has 5 rings (SSSR count). The summed E-state index contributed by atoms with van der Waals surface area (Å²) >= 11 is 1.34. The molecule has 2 aromatic carbocycles. The molecule has 6 nitrogen and oxygen atoms in total. The Balaban J connectivity index is 1.42. The summed E-state index contributed by atoms with van der Waals surface area (Å²) in [5, 5.41) is 9.09. The number of nitrogens with zero attached hydrogens (tertiary/aromatic N) is 5. The SMILES string of the molecule is [B]c1cc(C(=O)N2CCn3c(nnc3-c3nc4ccc(F)cc4s3)C2)ccc1F. The molecule has 2 aromatic heterocycles. The van der Waals surface area contributed by atoms with E-state index in [1.54, 1.807) is 11.0 Å². The second-order valence-electron chi connectivity index (χ2n) is 6.69. The van der Waals surface area contributed by atoms with Crippen molar-refractivity contribution in [2.75, 3.05) is 6.54 Å². The van der Waals surface area contributed by atoms with Gasteiger partial charge in [-0.25, -0.2) is 13.8 Å². The maximum atomic E-state index is 13.4. The summed E-state index contributed by atoms with van der Waals surface area (Å²) in [6.07, 6.45) is 0. The molecular weight excluding hydrogens is 395 g/mol. The van der Waals surface area contributed by atoms with Crippen LogP contribution in [-0.4, -0.2) is 44.9 Å². The van der Waals surface area contributed by atoms with E-state index < -0.39 is 5.82 Å². The monoisotopic (exact) mass is 407 g/mol. The summed E-state index contributed by atoms with van der Waals surface area (Å²) < 4.78 is 29.5. The molecule has 0 atom stereocenters. The second-order valence-corrected chi connectivity index (χ2v) is 7.72. The molecule has 0 aliphatic carbocycles. The van der Waals surface area contributed by atoms with Crippen molar-refractivity contribution in [2.24, 2.45) is 0 Å². The van der Waals surface area contributed by atoms with Gasteiger partial charge in [0, 0.05) is 18.7 Å². The number of amides is 1.